The molecule has 0 atom stereocenters. The molecule has 1 aliphatic heterocycles. The van der Waals surface area contributed by atoms with Crippen LogP contribution in [-0.2, 0) is 0 Å². The highest BCUT2D eigenvalue weighted by molar-refractivity contribution is 5.85. The van der Waals surface area contributed by atoms with Crippen molar-refractivity contribution in [3.05, 3.63) is 93.0 Å². The third-order valence-corrected chi connectivity index (χ3v) is 5.01. The van der Waals surface area contributed by atoms with Gasteiger partial charge in [-0.2, -0.15) is 0 Å². The molecular formula is C22H17N5. The predicted molar refractivity (Wildman–Crippen MR) is 108 cm³/mol. The molecule has 0 aromatic carbocycles. The zero-order valence-electron chi connectivity index (χ0n) is 14.4. The number of nitrogens with one attached hydrogen (secondary N) is 5. The summed E-state index contributed by atoms with van der Waals surface area (Å²) in [5.74, 6) is 0. The molecule has 0 aliphatic carbocycles. The average Bonchev–Trinajstić information content (AvgIpc) is 3.42. The minimum absolute atomic E-state index is 1.06. The number of H-pyrrole nitrogens is 5. The van der Waals surface area contributed by atoms with Crippen molar-refractivity contribution in [3.8, 4) is 0 Å². The van der Waals surface area contributed by atoms with Crippen molar-refractivity contribution in [2.45, 2.75) is 0 Å². The van der Waals surface area contributed by atoms with Crippen LogP contribution in [0.2, 0.25) is 0 Å². The maximum Gasteiger partial charge on any atom is 0.0501 e. The number of fused-ring (bicyclic) bond motifs is 11. The Balaban J connectivity index is 1.71. The lowest BCUT2D eigenvalue weighted by molar-refractivity contribution is 1.23. The highest BCUT2D eigenvalue weighted by atomic mass is 14.8. The monoisotopic (exact) mass is 351 g/mol. The van der Waals surface area contributed by atoms with Crippen molar-refractivity contribution in [3.63, 3.8) is 0 Å². The van der Waals surface area contributed by atoms with Crippen LogP contribution in [-0.4, -0.2) is 24.9 Å². The summed E-state index contributed by atoms with van der Waals surface area (Å²) >= 11 is 0. The van der Waals surface area contributed by atoms with Gasteiger partial charge < -0.3 is 24.9 Å². The molecule has 130 valence electrons. The van der Waals surface area contributed by atoms with Crippen LogP contribution < -0.4 is 21.4 Å². The molecule has 5 nitrogen and oxygen atoms in total. The normalized spacial score (nSPS) is 12.9. The van der Waals surface area contributed by atoms with Crippen LogP contribution in [0.4, 0.5) is 0 Å². The second kappa shape index (κ2) is 5.32. The summed E-state index contributed by atoms with van der Waals surface area (Å²) in [7, 11) is 0. The first kappa shape index (κ1) is 14.3. The molecule has 27 heavy (non-hydrogen) atoms. The van der Waals surface area contributed by atoms with E-state index < -0.39 is 0 Å². The van der Waals surface area contributed by atoms with Crippen molar-refractivity contribution < 1.29 is 0 Å². The van der Waals surface area contributed by atoms with E-state index in [0.29, 0.717) is 0 Å². The lowest BCUT2D eigenvalue weighted by Gasteiger charge is -1.89. The van der Waals surface area contributed by atoms with E-state index in [1.54, 1.807) is 0 Å². The van der Waals surface area contributed by atoms with Gasteiger partial charge in [0.25, 0.3) is 0 Å². The van der Waals surface area contributed by atoms with Gasteiger partial charge in [0.15, 0.2) is 0 Å². The van der Waals surface area contributed by atoms with E-state index in [1.807, 2.05) is 12.4 Å². The molecule has 5 heteroatoms. The molecule has 0 saturated heterocycles. The lowest BCUT2D eigenvalue weighted by Crippen LogP contribution is -2.11. The van der Waals surface area contributed by atoms with Crippen LogP contribution in [0.3, 0.4) is 0 Å². The third kappa shape index (κ3) is 2.40. The zero-order valence-corrected chi connectivity index (χ0v) is 14.4. The zero-order chi connectivity index (χ0) is 17.8. The Labute approximate surface area is 153 Å². The molecule has 8 bridgehead atoms. The van der Waals surface area contributed by atoms with Crippen molar-refractivity contribution in [2.75, 3.05) is 0 Å². The van der Waals surface area contributed by atoms with Gasteiger partial charge in [-0.25, -0.2) is 0 Å². The van der Waals surface area contributed by atoms with Gasteiger partial charge in [0.2, 0.25) is 0 Å². The highest BCUT2D eigenvalue weighted by Crippen LogP contribution is 2.08. The Hall–Kier alpha value is -3.86. The highest BCUT2D eigenvalue weighted by Gasteiger charge is 2.04. The van der Waals surface area contributed by atoms with Gasteiger partial charge in [-0.15, -0.1) is 0 Å². The lowest BCUT2D eigenvalue weighted by atomic mass is 10.2. The summed E-state index contributed by atoms with van der Waals surface area (Å²) in [5.41, 5.74) is 4.25. The smallest absolute Gasteiger partial charge is 0.0501 e. The first-order valence-corrected chi connectivity index (χ1v) is 8.95. The summed E-state index contributed by atoms with van der Waals surface area (Å²) in [5, 5.41) is 6.65. The fraction of sp³-hybridized carbons (Fsp3) is 0. The Bertz CT molecular complexity index is 1420. The Morgan fingerprint density at radius 1 is 0.444 bits per heavy atom. The molecular weight excluding hydrogens is 334 g/mol. The van der Waals surface area contributed by atoms with Crippen LogP contribution in [0.1, 0.15) is 22.8 Å². The molecule has 0 radical (unpaired) electrons. The van der Waals surface area contributed by atoms with Gasteiger partial charge in [-0.3, -0.25) is 0 Å². The van der Waals surface area contributed by atoms with Crippen LogP contribution >= 0.6 is 0 Å². The Morgan fingerprint density at radius 2 is 0.926 bits per heavy atom. The SMILES string of the molecule is C1=c2ccc([nH]2)=Cc2ccc([nH]2)C=c2[nH]c(c3c[nH]cc23)=Cc2ccc1[nH]2. The molecule has 0 amide bonds. The molecule has 0 saturated carbocycles. The maximum absolute atomic E-state index is 3.55. The van der Waals surface area contributed by atoms with Crippen LogP contribution in [0.25, 0.3) is 35.1 Å². The summed E-state index contributed by atoms with van der Waals surface area (Å²) in [4.78, 5) is 17.1. The van der Waals surface area contributed by atoms with Crippen molar-refractivity contribution in [1.29, 1.82) is 0 Å². The van der Waals surface area contributed by atoms with E-state index in [4.69, 9.17) is 0 Å². The first-order valence-electron chi connectivity index (χ1n) is 8.95. The van der Waals surface area contributed by atoms with Gasteiger partial charge in [0, 0.05) is 56.6 Å². The Morgan fingerprint density at radius 3 is 1.44 bits per heavy atom. The van der Waals surface area contributed by atoms with Gasteiger partial charge in [0.1, 0.15) is 0 Å². The molecule has 0 fully saturated rings. The summed E-state index contributed by atoms with van der Waals surface area (Å²) < 4.78 is 0. The Kier molecular flexibility index (Phi) is 2.82. The van der Waals surface area contributed by atoms with Crippen molar-refractivity contribution in [1.82, 2.24) is 24.9 Å². The van der Waals surface area contributed by atoms with Gasteiger partial charge in [-0.05, 0) is 60.7 Å². The molecule has 5 aromatic rings. The number of hydrogen-bond acceptors (Lipinski definition) is 0. The van der Waals surface area contributed by atoms with Gasteiger partial charge >= 0.3 is 0 Å². The van der Waals surface area contributed by atoms with E-state index in [1.165, 1.54) is 10.8 Å². The fourth-order valence-corrected chi connectivity index (χ4v) is 3.76. The largest absolute Gasteiger partial charge is 0.366 e. The van der Waals surface area contributed by atoms with Crippen LogP contribution in [0, 0.1) is 0 Å². The van der Waals surface area contributed by atoms with E-state index in [9.17, 15) is 0 Å². The van der Waals surface area contributed by atoms with E-state index in [2.05, 4.69) is 85.6 Å². The average molecular weight is 351 g/mol. The maximum atomic E-state index is 3.55. The second-order valence-electron chi connectivity index (χ2n) is 6.92. The molecule has 6 rings (SSSR count). The summed E-state index contributed by atoms with van der Waals surface area (Å²) in [6.07, 6.45) is 12.6. The number of rotatable bonds is 0. The van der Waals surface area contributed by atoms with Crippen molar-refractivity contribution in [2.24, 2.45) is 0 Å². The van der Waals surface area contributed by atoms with E-state index >= 15 is 0 Å². The molecule has 0 unspecified atom stereocenters. The van der Waals surface area contributed by atoms with Crippen LogP contribution in [0.15, 0.2) is 48.8 Å². The minimum Gasteiger partial charge on any atom is -0.366 e. The molecule has 0 spiro atoms. The van der Waals surface area contributed by atoms with Gasteiger partial charge in [0.05, 0.1) is 10.7 Å². The van der Waals surface area contributed by atoms with E-state index in [0.717, 1.165) is 44.2 Å². The summed E-state index contributed by atoms with van der Waals surface area (Å²) in [6.45, 7) is 0. The first-order chi connectivity index (χ1) is 13.3. The molecule has 1 aliphatic rings. The third-order valence-electron chi connectivity index (χ3n) is 5.01. The number of aromatic nitrogens is 5. The van der Waals surface area contributed by atoms with E-state index in [-0.39, 0.29) is 0 Å². The number of aromatic amines is 5. The standard InChI is InChI=1S/C22H17N5/c1-2-14-8-16-4-6-18(26-16)10-22-20-12-23-11-19(20)21(27-22)9-17-5-3-15(25-17)7-13(1)24-14/h1-12,23-27H. The van der Waals surface area contributed by atoms with Crippen molar-refractivity contribution >= 4 is 35.1 Å². The molecule has 6 heterocycles. The minimum atomic E-state index is 1.06. The van der Waals surface area contributed by atoms with Crippen LogP contribution in [0.5, 0.6) is 0 Å². The van der Waals surface area contributed by atoms with Gasteiger partial charge in [-0.1, -0.05) is 0 Å². The fourth-order valence-electron chi connectivity index (χ4n) is 3.76. The second-order valence-corrected chi connectivity index (χ2v) is 6.92. The predicted octanol–water partition coefficient (Wildman–Crippen LogP) is 1.11. The number of hydrogen-bond donors (Lipinski definition) is 5. The molecule has 5 aromatic heterocycles. The molecule has 5 N–H and O–H groups in total. The quantitative estimate of drug-likeness (QED) is 0.272. The summed E-state index contributed by atoms with van der Waals surface area (Å²) in [6, 6.07) is 12.6. The topological polar surface area (TPSA) is 78.9 Å².